The third-order valence-electron chi connectivity index (χ3n) is 3.53. The third-order valence-corrected chi connectivity index (χ3v) is 3.90. The molecule has 0 spiro atoms. The van der Waals surface area contributed by atoms with Gasteiger partial charge in [-0.3, -0.25) is 0 Å². The van der Waals surface area contributed by atoms with E-state index in [0.29, 0.717) is 23.2 Å². The molecule has 4 nitrogen and oxygen atoms in total. The average molecular weight is 289 g/mol. The summed E-state index contributed by atoms with van der Waals surface area (Å²) in [5.41, 5.74) is 2.32. The van der Waals surface area contributed by atoms with Crippen LogP contribution in [0.3, 0.4) is 0 Å². The highest BCUT2D eigenvalue weighted by Gasteiger charge is 2.20. The largest absolute Gasteiger partial charge is 0.243 e. The molecule has 2 rings (SSSR count). The van der Waals surface area contributed by atoms with E-state index in [1.54, 1.807) is 4.68 Å². The summed E-state index contributed by atoms with van der Waals surface area (Å²) < 4.78 is 1.80. The second-order valence-corrected chi connectivity index (χ2v) is 5.10. The van der Waals surface area contributed by atoms with Crippen molar-refractivity contribution in [2.75, 3.05) is 0 Å². The normalized spacial score (nSPS) is 10.8. The van der Waals surface area contributed by atoms with Crippen LogP contribution in [0.15, 0.2) is 24.3 Å². The van der Waals surface area contributed by atoms with Crippen molar-refractivity contribution in [3.8, 4) is 6.07 Å². The van der Waals surface area contributed by atoms with Gasteiger partial charge in [0, 0.05) is 10.9 Å². The van der Waals surface area contributed by atoms with Crippen LogP contribution >= 0.6 is 11.6 Å². The van der Waals surface area contributed by atoms with E-state index in [9.17, 15) is 5.26 Å². The van der Waals surface area contributed by atoms with Crippen LogP contribution in [0.2, 0.25) is 5.02 Å². The minimum absolute atomic E-state index is 0.294. The SMILES string of the molecule is CCC(CC)c1c(C#N)nnn1Cc1ccccc1Cl. The van der Waals surface area contributed by atoms with Gasteiger partial charge in [0.1, 0.15) is 6.07 Å². The summed E-state index contributed by atoms with van der Waals surface area (Å²) in [6.45, 7) is 4.77. The molecular weight excluding hydrogens is 272 g/mol. The van der Waals surface area contributed by atoms with Crippen molar-refractivity contribution < 1.29 is 0 Å². The molecule has 0 aliphatic carbocycles. The summed E-state index contributed by atoms with van der Waals surface area (Å²) >= 11 is 6.19. The fourth-order valence-corrected chi connectivity index (χ4v) is 2.58. The van der Waals surface area contributed by atoms with Crippen molar-refractivity contribution in [2.45, 2.75) is 39.2 Å². The number of halogens is 1. The van der Waals surface area contributed by atoms with Gasteiger partial charge < -0.3 is 0 Å². The maximum Gasteiger partial charge on any atom is 0.186 e. The monoisotopic (exact) mass is 288 g/mol. The van der Waals surface area contributed by atoms with Crippen molar-refractivity contribution in [1.82, 2.24) is 15.0 Å². The molecule has 1 heterocycles. The highest BCUT2D eigenvalue weighted by atomic mass is 35.5. The Balaban J connectivity index is 2.40. The Labute approximate surface area is 124 Å². The molecule has 0 bridgehead atoms. The highest BCUT2D eigenvalue weighted by Crippen LogP contribution is 2.26. The number of aromatic nitrogens is 3. The Kier molecular flexibility index (Phi) is 4.75. The Morgan fingerprint density at radius 2 is 2.00 bits per heavy atom. The fourth-order valence-electron chi connectivity index (χ4n) is 2.38. The summed E-state index contributed by atoms with van der Waals surface area (Å²) in [5.74, 6) is 0.294. The van der Waals surface area contributed by atoms with Crippen LogP contribution in [0, 0.1) is 11.3 Å². The van der Waals surface area contributed by atoms with Gasteiger partial charge in [-0.2, -0.15) is 5.26 Å². The first kappa shape index (κ1) is 14.5. The van der Waals surface area contributed by atoms with Crippen molar-refractivity contribution in [3.05, 3.63) is 46.2 Å². The van der Waals surface area contributed by atoms with Gasteiger partial charge >= 0.3 is 0 Å². The van der Waals surface area contributed by atoms with Gasteiger partial charge in [0.2, 0.25) is 0 Å². The number of hydrogen-bond donors (Lipinski definition) is 0. The van der Waals surface area contributed by atoms with Crippen LogP contribution in [0.25, 0.3) is 0 Å². The summed E-state index contributed by atoms with van der Waals surface area (Å²) in [6, 6.07) is 9.80. The van der Waals surface area contributed by atoms with Crippen molar-refractivity contribution in [3.63, 3.8) is 0 Å². The second kappa shape index (κ2) is 6.53. The number of hydrogen-bond acceptors (Lipinski definition) is 3. The minimum atomic E-state index is 0.294. The van der Waals surface area contributed by atoms with Crippen LogP contribution < -0.4 is 0 Å². The maximum absolute atomic E-state index is 9.20. The Morgan fingerprint density at radius 3 is 2.60 bits per heavy atom. The number of nitriles is 1. The van der Waals surface area contributed by atoms with E-state index in [4.69, 9.17) is 11.6 Å². The lowest BCUT2D eigenvalue weighted by molar-refractivity contribution is 0.543. The zero-order chi connectivity index (χ0) is 14.5. The van der Waals surface area contributed by atoms with E-state index in [2.05, 4.69) is 30.2 Å². The summed E-state index contributed by atoms with van der Waals surface area (Å²) in [6.07, 6.45) is 1.92. The van der Waals surface area contributed by atoms with Crippen molar-refractivity contribution in [1.29, 1.82) is 5.26 Å². The van der Waals surface area contributed by atoms with Gasteiger partial charge in [-0.1, -0.05) is 48.9 Å². The molecule has 20 heavy (non-hydrogen) atoms. The Bertz CT molecular complexity index is 623. The molecule has 0 unspecified atom stereocenters. The van der Waals surface area contributed by atoms with Crippen molar-refractivity contribution in [2.24, 2.45) is 0 Å². The van der Waals surface area contributed by atoms with Gasteiger partial charge in [-0.05, 0) is 24.5 Å². The molecule has 5 heteroatoms. The first-order valence-electron chi connectivity index (χ1n) is 6.78. The number of nitrogens with zero attached hydrogens (tertiary/aromatic N) is 4. The predicted molar refractivity (Wildman–Crippen MR) is 78.6 cm³/mol. The Morgan fingerprint density at radius 1 is 1.30 bits per heavy atom. The van der Waals surface area contributed by atoms with Gasteiger partial charge in [0.05, 0.1) is 12.2 Å². The third kappa shape index (κ3) is 2.83. The zero-order valence-corrected chi connectivity index (χ0v) is 12.4. The van der Waals surface area contributed by atoms with Gasteiger partial charge in [0.15, 0.2) is 5.69 Å². The lowest BCUT2D eigenvalue weighted by Crippen LogP contribution is -2.11. The van der Waals surface area contributed by atoms with Gasteiger partial charge in [-0.15, -0.1) is 5.10 Å². The van der Waals surface area contributed by atoms with E-state index in [-0.39, 0.29) is 0 Å². The molecule has 2 aromatic rings. The molecule has 104 valence electrons. The van der Waals surface area contributed by atoms with Crippen molar-refractivity contribution >= 4 is 11.6 Å². The summed E-state index contributed by atoms with van der Waals surface area (Å²) in [5, 5.41) is 18.0. The smallest absolute Gasteiger partial charge is 0.186 e. The van der Waals surface area contributed by atoms with E-state index in [1.165, 1.54) is 0 Å². The molecule has 0 N–H and O–H groups in total. The molecule has 1 aromatic carbocycles. The average Bonchev–Trinajstić information content (AvgIpc) is 2.86. The quantitative estimate of drug-likeness (QED) is 0.842. The first-order valence-corrected chi connectivity index (χ1v) is 7.15. The molecule has 0 saturated heterocycles. The highest BCUT2D eigenvalue weighted by molar-refractivity contribution is 6.31. The van der Waals surface area contributed by atoms with Crippen LogP contribution in [-0.4, -0.2) is 15.0 Å². The lowest BCUT2D eigenvalue weighted by Gasteiger charge is -2.15. The molecule has 0 aliphatic rings. The van der Waals surface area contributed by atoms with Crippen LogP contribution in [0.4, 0.5) is 0 Å². The second-order valence-electron chi connectivity index (χ2n) is 4.70. The molecule has 0 amide bonds. The van der Waals surface area contributed by atoms with Gasteiger partial charge in [0.25, 0.3) is 0 Å². The van der Waals surface area contributed by atoms with Crippen LogP contribution in [0.1, 0.15) is 49.6 Å². The molecule has 0 saturated carbocycles. The molecular formula is C15H17ClN4. The number of benzene rings is 1. The molecule has 0 aliphatic heterocycles. The Hall–Kier alpha value is -1.86. The van der Waals surface area contributed by atoms with Crippen LogP contribution in [-0.2, 0) is 6.54 Å². The minimum Gasteiger partial charge on any atom is -0.243 e. The first-order chi connectivity index (χ1) is 9.71. The summed E-state index contributed by atoms with van der Waals surface area (Å²) in [7, 11) is 0. The lowest BCUT2D eigenvalue weighted by atomic mass is 9.97. The standard InChI is InChI=1S/C15H17ClN4/c1-3-11(4-2)15-14(9-17)18-19-20(15)10-12-7-5-6-8-13(12)16/h5-8,11H,3-4,10H2,1-2H3. The van der Waals surface area contributed by atoms with E-state index >= 15 is 0 Å². The topological polar surface area (TPSA) is 54.5 Å². The summed E-state index contributed by atoms with van der Waals surface area (Å²) in [4.78, 5) is 0. The molecule has 1 aromatic heterocycles. The fraction of sp³-hybridized carbons (Fsp3) is 0.400. The molecule has 0 atom stereocenters. The molecule has 0 fully saturated rings. The van der Waals surface area contributed by atoms with E-state index in [0.717, 1.165) is 24.1 Å². The van der Waals surface area contributed by atoms with Crippen LogP contribution in [0.5, 0.6) is 0 Å². The zero-order valence-electron chi connectivity index (χ0n) is 11.7. The predicted octanol–water partition coefficient (Wildman–Crippen LogP) is 3.76. The van der Waals surface area contributed by atoms with E-state index < -0.39 is 0 Å². The number of rotatable bonds is 5. The maximum atomic E-state index is 9.20. The van der Waals surface area contributed by atoms with E-state index in [1.807, 2.05) is 24.3 Å². The molecule has 0 radical (unpaired) electrons. The van der Waals surface area contributed by atoms with Gasteiger partial charge in [-0.25, -0.2) is 4.68 Å².